The highest BCUT2D eigenvalue weighted by Crippen LogP contribution is 2.38. The van der Waals surface area contributed by atoms with Gasteiger partial charge >= 0.3 is 0 Å². The molecule has 18 heavy (non-hydrogen) atoms. The summed E-state index contributed by atoms with van der Waals surface area (Å²) in [5.74, 6) is 0. The fourth-order valence-electron chi connectivity index (χ4n) is 0.764. The normalized spacial score (nSPS) is 9.89. The SMILES string of the molecule is C.C.C.C.C.C.CCC(C)(C)C(C)(C)S(=O)(=O)[O-]. The van der Waals surface area contributed by atoms with E-state index in [1.54, 1.807) is 13.8 Å². The maximum absolute atomic E-state index is 10.9. The van der Waals surface area contributed by atoms with Crippen molar-refractivity contribution in [3.05, 3.63) is 0 Å². The second-order valence-electron chi connectivity index (χ2n) is 4.20. The van der Waals surface area contributed by atoms with Gasteiger partial charge in [-0.05, 0) is 25.7 Å². The number of hydrogen-bond acceptors (Lipinski definition) is 3. The Kier molecular flexibility index (Phi) is 28.6. The van der Waals surface area contributed by atoms with Gasteiger partial charge in [0.15, 0.2) is 0 Å². The van der Waals surface area contributed by atoms with Crippen molar-refractivity contribution in [2.75, 3.05) is 0 Å². The molecule has 0 aliphatic carbocycles. The van der Waals surface area contributed by atoms with Crippen LogP contribution in [0.5, 0.6) is 0 Å². The van der Waals surface area contributed by atoms with Crippen LogP contribution >= 0.6 is 0 Å². The van der Waals surface area contributed by atoms with Crippen molar-refractivity contribution in [2.45, 2.75) is 90.3 Å². The lowest BCUT2D eigenvalue weighted by Crippen LogP contribution is -2.45. The molecule has 0 N–H and O–H groups in total. The third kappa shape index (κ3) is 8.09. The van der Waals surface area contributed by atoms with Crippen LogP contribution in [0.1, 0.15) is 85.6 Å². The van der Waals surface area contributed by atoms with Crippen molar-refractivity contribution in [3.63, 3.8) is 0 Å². The minimum Gasteiger partial charge on any atom is -0.748 e. The first-order valence-electron chi connectivity index (χ1n) is 4.01. The molecular weight excluding hydrogens is 248 g/mol. The molecular formula is C14H41O3S-. The summed E-state index contributed by atoms with van der Waals surface area (Å²) in [5, 5.41) is 0. The van der Waals surface area contributed by atoms with Gasteiger partial charge in [0.25, 0.3) is 0 Å². The van der Waals surface area contributed by atoms with Gasteiger partial charge in [0.05, 0.1) is 4.75 Å². The second kappa shape index (κ2) is 12.0. The minimum absolute atomic E-state index is 0. The standard InChI is InChI=1S/C8H18O3S.6CH4/c1-6-7(2,3)8(4,5)12(9,10)11;;;;;;/h6H2,1-5H3,(H,9,10,11);6*1H4/p-1. The molecule has 4 heteroatoms. The first-order chi connectivity index (χ1) is 5.06. The van der Waals surface area contributed by atoms with Gasteiger partial charge in [-0.25, -0.2) is 8.42 Å². The van der Waals surface area contributed by atoms with Crippen molar-refractivity contribution in [1.82, 2.24) is 0 Å². The Morgan fingerprint density at radius 2 is 1.06 bits per heavy atom. The molecule has 0 saturated heterocycles. The van der Waals surface area contributed by atoms with Crippen molar-refractivity contribution in [2.24, 2.45) is 5.41 Å². The van der Waals surface area contributed by atoms with Crippen molar-refractivity contribution in [3.8, 4) is 0 Å². The Hall–Kier alpha value is -0.0900. The summed E-state index contributed by atoms with van der Waals surface area (Å²) in [7, 11) is -4.22. The molecule has 0 unspecified atom stereocenters. The van der Waals surface area contributed by atoms with Crippen molar-refractivity contribution >= 4 is 10.1 Å². The van der Waals surface area contributed by atoms with Crippen molar-refractivity contribution < 1.29 is 13.0 Å². The van der Waals surface area contributed by atoms with E-state index in [0.717, 1.165) is 0 Å². The predicted octanol–water partition coefficient (Wildman–Crippen LogP) is 5.56. The molecule has 0 fully saturated rings. The van der Waals surface area contributed by atoms with Crippen LogP contribution in [0.25, 0.3) is 0 Å². The molecule has 0 heterocycles. The molecule has 0 saturated carbocycles. The Labute approximate surface area is 119 Å². The largest absolute Gasteiger partial charge is 0.748 e. The molecule has 0 amide bonds. The van der Waals surface area contributed by atoms with Gasteiger partial charge < -0.3 is 4.55 Å². The monoisotopic (exact) mass is 289 g/mol. The summed E-state index contributed by atoms with van der Waals surface area (Å²) in [4.78, 5) is 0. The van der Waals surface area contributed by atoms with Gasteiger partial charge in [-0.2, -0.15) is 0 Å². The van der Waals surface area contributed by atoms with Gasteiger partial charge in [-0.15, -0.1) is 0 Å². The van der Waals surface area contributed by atoms with Crippen LogP contribution in [0.4, 0.5) is 0 Å². The third-order valence-corrected chi connectivity index (χ3v) is 4.94. The van der Waals surface area contributed by atoms with E-state index in [1.165, 1.54) is 13.8 Å². The highest BCUT2D eigenvalue weighted by molar-refractivity contribution is 7.87. The molecule has 0 aromatic rings. The quantitative estimate of drug-likeness (QED) is 0.639. The average Bonchev–Trinajstić information content (AvgIpc) is 1.85. The van der Waals surface area contributed by atoms with Crippen LogP contribution in [0, 0.1) is 5.41 Å². The molecule has 0 aromatic heterocycles. The van der Waals surface area contributed by atoms with Crippen LogP contribution in [0.2, 0.25) is 0 Å². The zero-order valence-corrected chi connectivity index (χ0v) is 9.16. The van der Waals surface area contributed by atoms with Crippen molar-refractivity contribution in [1.29, 1.82) is 0 Å². The zero-order valence-electron chi connectivity index (χ0n) is 8.34. The lowest BCUT2D eigenvalue weighted by molar-refractivity contribution is 0.241. The van der Waals surface area contributed by atoms with E-state index in [2.05, 4.69) is 0 Å². The topological polar surface area (TPSA) is 57.2 Å². The maximum Gasteiger partial charge on any atom is 0.100 e. The summed E-state index contributed by atoms with van der Waals surface area (Å²) in [5.41, 5.74) is -0.479. The van der Waals surface area contributed by atoms with E-state index in [4.69, 9.17) is 0 Å². The average molecular weight is 290 g/mol. The molecule has 0 spiro atoms. The fraction of sp³-hybridized carbons (Fsp3) is 1.00. The minimum atomic E-state index is -4.22. The van der Waals surface area contributed by atoms with E-state index in [-0.39, 0.29) is 44.6 Å². The van der Waals surface area contributed by atoms with Crippen LogP contribution in [0.3, 0.4) is 0 Å². The molecule has 122 valence electrons. The molecule has 3 nitrogen and oxygen atoms in total. The molecule has 0 aromatic carbocycles. The van der Waals surface area contributed by atoms with E-state index >= 15 is 0 Å². The van der Waals surface area contributed by atoms with E-state index in [9.17, 15) is 13.0 Å². The summed E-state index contributed by atoms with van der Waals surface area (Å²) in [6.45, 7) is 8.44. The van der Waals surface area contributed by atoms with E-state index in [1.807, 2.05) is 6.92 Å². The number of rotatable bonds is 3. The zero-order chi connectivity index (χ0) is 10.2. The lowest BCUT2D eigenvalue weighted by atomic mass is 9.78. The summed E-state index contributed by atoms with van der Waals surface area (Å²) >= 11 is 0. The summed E-state index contributed by atoms with van der Waals surface area (Å²) < 4.78 is 31.5. The lowest BCUT2D eigenvalue weighted by Gasteiger charge is -2.42. The first-order valence-corrected chi connectivity index (χ1v) is 5.42. The van der Waals surface area contributed by atoms with Gasteiger partial charge in [0, 0.05) is 0 Å². The van der Waals surface area contributed by atoms with Crippen LogP contribution < -0.4 is 0 Å². The Bertz CT molecular complexity index is 252. The fourth-order valence-corrected chi connectivity index (χ4v) is 1.59. The van der Waals surface area contributed by atoms with Crippen LogP contribution in [0.15, 0.2) is 0 Å². The van der Waals surface area contributed by atoms with Gasteiger partial charge in [0.1, 0.15) is 10.1 Å². The highest BCUT2D eigenvalue weighted by Gasteiger charge is 2.40. The van der Waals surface area contributed by atoms with Crippen LogP contribution in [-0.2, 0) is 10.1 Å². The van der Waals surface area contributed by atoms with Crippen LogP contribution in [-0.4, -0.2) is 17.7 Å². The van der Waals surface area contributed by atoms with Gasteiger partial charge in [0.2, 0.25) is 0 Å². The summed E-state index contributed by atoms with van der Waals surface area (Å²) in [6.07, 6.45) is 0.668. The van der Waals surface area contributed by atoms with E-state index < -0.39 is 20.3 Å². The highest BCUT2D eigenvalue weighted by atomic mass is 32.2. The molecule has 0 rings (SSSR count). The smallest absolute Gasteiger partial charge is 0.100 e. The van der Waals surface area contributed by atoms with Gasteiger partial charge in [-0.1, -0.05) is 65.3 Å². The Morgan fingerprint density at radius 1 is 0.833 bits per heavy atom. The third-order valence-electron chi connectivity index (χ3n) is 3.14. The first kappa shape index (κ1) is 43.0. The molecule has 0 aliphatic rings. The Morgan fingerprint density at radius 3 is 1.11 bits per heavy atom. The Balaban J connectivity index is -0.0000000403. The molecule has 0 bridgehead atoms. The van der Waals surface area contributed by atoms with E-state index in [0.29, 0.717) is 6.42 Å². The molecule has 0 atom stereocenters. The van der Waals surface area contributed by atoms with Gasteiger partial charge in [-0.3, -0.25) is 0 Å². The predicted molar refractivity (Wildman–Crippen MR) is 88.2 cm³/mol. The second-order valence-corrected chi connectivity index (χ2v) is 6.13. The summed E-state index contributed by atoms with van der Waals surface area (Å²) in [6, 6.07) is 0. The molecule has 0 aliphatic heterocycles. The maximum atomic E-state index is 10.9. The number of hydrogen-bond donors (Lipinski definition) is 0. The molecule has 0 radical (unpaired) electrons.